The average Bonchev–Trinajstić information content (AvgIpc) is 3.04. The lowest BCUT2D eigenvalue weighted by Crippen LogP contribution is -2.12. The summed E-state index contributed by atoms with van der Waals surface area (Å²) in [5.74, 6) is 1.05. The van der Waals surface area contributed by atoms with E-state index in [1.165, 1.54) is 0 Å². The molecule has 0 unspecified atom stereocenters. The van der Waals surface area contributed by atoms with Crippen molar-refractivity contribution in [1.82, 2.24) is 0 Å². The van der Waals surface area contributed by atoms with Crippen molar-refractivity contribution in [3.05, 3.63) is 70.4 Å². The monoisotopic (exact) mass is 421 g/mol. The number of aliphatic hydroxyl groups is 1. The lowest BCUT2D eigenvalue weighted by atomic mass is 10.1. The molecule has 2 aromatic carbocycles. The van der Waals surface area contributed by atoms with Gasteiger partial charge in [-0.25, -0.2) is 8.42 Å². The number of rotatable bonds is 5. The maximum atomic E-state index is 12.4. The van der Waals surface area contributed by atoms with Gasteiger partial charge in [0.05, 0.1) is 4.90 Å². The van der Waals surface area contributed by atoms with Crippen LogP contribution in [0.4, 0.5) is 5.69 Å². The molecule has 0 aliphatic carbocycles. The van der Waals surface area contributed by atoms with Gasteiger partial charge in [0.2, 0.25) is 0 Å². The molecule has 1 heterocycles. The van der Waals surface area contributed by atoms with E-state index in [0.29, 0.717) is 21.7 Å². The molecule has 0 spiro atoms. The normalized spacial score (nSPS) is 11.5. The molecule has 3 rings (SSSR count). The number of aryl methyl sites for hydroxylation is 1. The molecule has 0 saturated carbocycles. The minimum Gasteiger partial charge on any atom is -0.459 e. The predicted molar refractivity (Wildman–Crippen MR) is 99.8 cm³/mol. The number of benzene rings is 2. The van der Waals surface area contributed by atoms with E-state index in [-0.39, 0.29) is 11.5 Å². The Labute approximate surface area is 154 Å². The Morgan fingerprint density at radius 2 is 1.80 bits per heavy atom. The van der Waals surface area contributed by atoms with Crippen molar-refractivity contribution in [1.29, 1.82) is 0 Å². The molecule has 130 valence electrons. The molecular formula is C18H16BrNO4S. The van der Waals surface area contributed by atoms with Gasteiger partial charge in [0.15, 0.2) is 0 Å². The van der Waals surface area contributed by atoms with Crippen LogP contribution in [0.1, 0.15) is 11.3 Å². The molecule has 0 radical (unpaired) electrons. The topological polar surface area (TPSA) is 79.5 Å². The number of hydrogen-bond acceptors (Lipinski definition) is 4. The van der Waals surface area contributed by atoms with Gasteiger partial charge in [-0.2, -0.15) is 0 Å². The first-order chi connectivity index (χ1) is 11.9. The van der Waals surface area contributed by atoms with Crippen molar-refractivity contribution >= 4 is 31.6 Å². The Kier molecular flexibility index (Phi) is 4.99. The van der Waals surface area contributed by atoms with Gasteiger partial charge in [-0.15, -0.1) is 0 Å². The largest absolute Gasteiger partial charge is 0.459 e. The summed E-state index contributed by atoms with van der Waals surface area (Å²) in [6.07, 6.45) is 0. The van der Waals surface area contributed by atoms with Crippen molar-refractivity contribution in [2.75, 3.05) is 4.72 Å². The number of anilines is 1. The van der Waals surface area contributed by atoms with Gasteiger partial charge in [0.1, 0.15) is 18.1 Å². The predicted octanol–water partition coefficient (Wildman–Crippen LogP) is 4.31. The summed E-state index contributed by atoms with van der Waals surface area (Å²) in [6, 6.07) is 15.2. The highest BCUT2D eigenvalue weighted by Crippen LogP contribution is 2.32. The second-order valence-corrected chi connectivity index (χ2v) is 8.07. The first kappa shape index (κ1) is 17.7. The van der Waals surface area contributed by atoms with Crippen LogP contribution in [0.3, 0.4) is 0 Å². The van der Waals surface area contributed by atoms with Crippen molar-refractivity contribution in [3.8, 4) is 11.3 Å². The summed E-state index contributed by atoms with van der Waals surface area (Å²) in [4.78, 5) is 0.205. The Morgan fingerprint density at radius 3 is 2.40 bits per heavy atom. The molecule has 0 atom stereocenters. The average molecular weight is 422 g/mol. The van der Waals surface area contributed by atoms with E-state index >= 15 is 0 Å². The molecule has 5 nitrogen and oxygen atoms in total. The lowest BCUT2D eigenvalue weighted by Gasteiger charge is -2.10. The third-order valence-corrected chi connectivity index (χ3v) is 5.69. The number of sulfonamides is 1. The number of nitrogens with one attached hydrogen (secondary N) is 1. The number of furan rings is 1. The summed E-state index contributed by atoms with van der Waals surface area (Å²) in [7, 11) is -3.65. The Morgan fingerprint density at radius 1 is 1.08 bits per heavy atom. The van der Waals surface area contributed by atoms with E-state index in [1.807, 2.05) is 6.92 Å². The van der Waals surface area contributed by atoms with E-state index in [4.69, 9.17) is 9.52 Å². The van der Waals surface area contributed by atoms with Crippen LogP contribution in [-0.2, 0) is 16.6 Å². The van der Waals surface area contributed by atoms with Gasteiger partial charge in [-0.05, 0) is 65.3 Å². The number of hydrogen-bond donors (Lipinski definition) is 2. The molecule has 0 bridgehead atoms. The van der Waals surface area contributed by atoms with Crippen LogP contribution in [-0.4, -0.2) is 13.5 Å². The molecule has 1 aromatic heterocycles. The zero-order valence-corrected chi connectivity index (χ0v) is 15.8. The Bertz CT molecular complexity index is 994. The third kappa shape index (κ3) is 3.95. The third-order valence-electron chi connectivity index (χ3n) is 3.64. The first-order valence-electron chi connectivity index (χ1n) is 7.48. The molecule has 2 N–H and O–H groups in total. The van der Waals surface area contributed by atoms with Gasteiger partial charge in [-0.3, -0.25) is 4.72 Å². The molecule has 0 aliphatic heterocycles. The highest BCUT2D eigenvalue weighted by Gasteiger charge is 2.15. The zero-order chi connectivity index (χ0) is 18.0. The zero-order valence-electron chi connectivity index (χ0n) is 13.4. The van der Waals surface area contributed by atoms with Gasteiger partial charge < -0.3 is 9.52 Å². The van der Waals surface area contributed by atoms with Crippen LogP contribution in [0.2, 0.25) is 0 Å². The maximum absolute atomic E-state index is 12.4. The molecular weight excluding hydrogens is 406 g/mol. The summed E-state index contributed by atoms with van der Waals surface area (Å²) < 4.78 is 33.6. The highest BCUT2D eigenvalue weighted by atomic mass is 79.9. The van der Waals surface area contributed by atoms with Crippen molar-refractivity contribution in [3.63, 3.8) is 0 Å². The molecule has 0 aliphatic rings. The quantitative estimate of drug-likeness (QED) is 0.642. The van der Waals surface area contributed by atoms with Crippen LogP contribution in [0, 0.1) is 6.92 Å². The van der Waals surface area contributed by atoms with E-state index in [0.717, 1.165) is 11.1 Å². The van der Waals surface area contributed by atoms with Crippen molar-refractivity contribution in [2.45, 2.75) is 18.4 Å². The van der Waals surface area contributed by atoms with Crippen LogP contribution in [0.15, 0.2) is 68.4 Å². The van der Waals surface area contributed by atoms with Gasteiger partial charge in [0.25, 0.3) is 10.0 Å². The second-order valence-electron chi connectivity index (χ2n) is 5.54. The summed E-state index contributed by atoms with van der Waals surface area (Å²) >= 11 is 3.43. The van der Waals surface area contributed by atoms with Crippen LogP contribution >= 0.6 is 15.9 Å². The minimum atomic E-state index is -3.65. The van der Waals surface area contributed by atoms with Crippen LogP contribution in [0.25, 0.3) is 11.3 Å². The minimum absolute atomic E-state index is 0.175. The van der Waals surface area contributed by atoms with Gasteiger partial charge >= 0.3 is 0 Å². The van der Waals surface area contributed by atoms with E-state index in [1.54, 1.807) is 54.6 Å². The van der Waals surface area contributed by atoms with Crippen LogP contribution < -0.4 is 4.72 Å². The Hall–Kier alpha value is -2.09. The molecule has 25 heavy (non-hydrogen) atoms. The van der Waals surface area contributed by atoms with Crippen molar-refractivity contribution in [2.24, 2.45) is 0 Å². The fraction of sp³-hybridized carbons (Fsp3) is 0.111. The van der Waals surface area contributed by atoms with E-state index < -0.39 is 10.0 Å². The molecule has 0 saturated heterocycles. The first-order valence-corrected chi connectivity index (χ1v) is 9.75. The lowest BCUT2D eigenvalue weighted by molar-refractivity contribution is 0.248. The van der Waals surface area contributed by atoms with E-state index in [2.05, 4.69) is 20.7 Å². The van der Waals surface area contributed by atoms with E-state index in [9.17, 15) is 8.42 Å². The van der Waals surface area contributed by atoms with Crippen molar-refractivity contribution < 1.29 is 17.9 Å². The standard InChI is InChI=1S/C18H16BrNO4S/c1-12-2-6-15(7-3-12)25(22,23)20-13-4-8-16(17(19)10-13)18-9-5-14(11-21)24-18/h2-10,20-21H,11H2,1H3. The fourth-order valence-corrected chi connectivity index (χ4v) is 3.94. The summed E-state index contributed by atoms with van der Waals surface area (Å²) in [5.41, 5.74) is 2.19. The Balaban J connectivity index is 1.86. The summed E-state index contributed by atoms with van der Waals surface area (Å²) in [5, 5.41) is 9.08. The smallest absolute Gasteiger partial charge is 0.261 e. The highest BCUT2D eigenvalue weighted by molar-refractivity contribution is 9.10. The van der Waals surface area contributed by atoms with Crippen LogP contribution in [0.5, 0.6) is 0 Å². The number of aliphatic hydroxyl groups excluding tert-OH is 1. The molecule has 0 fully saturated rings. The molecule has 7 heteroatoms. The maximum Gasteiger partial charge on any atom is 0.261 e. The fourth-order valence-electron chi connectivity index (χ4n) is 2.32. The molecule has 3 aromatic rings. The van der Waals surface area contributed by atoms with Gasteiger partial charge in [-0.1, -0.05) is 17.7 Å². The summed E-state index contributed by atoms with van der Waals surface area (Å²) in [6.45, 7) is 1.72. The molecule has 0 amide bonds. The second kappa shape index (κ2) is 7.03. The SMILES string of the molecule is Cc1ccc(S(=O)(=O)Nc2ccc(-c3ccc(CO)o3)c(Br)c2)cc1. The van der Waals surface area contributed by atoms with Gasteiger partial charge in [0, 0.05) is 15.7 Å². The number of halogens is 1.